The maximum atomic E-state index is 13.2. The zero-order chi connectivity index (χ0) is 22.9. The lowest BCUT2D eigenvalue weighted by atomic mass is 9.88. The molecular weight excluding hydrogens is 406 g/mol. The van der Waals surface area contributed by atoms with Crippen LogP contribution in [-0.2, 0) is 9.53 Å². The van der Waals surface area contributed by atoms with Gasteiger partial charge in [0.25, 0.3) is 5.91 Å². The Morgan fingerprint density at radius 2 is 1.97 bits per heavy atom. The number of aromatic nitrogens is 1. The Morgan fingerprint density at radius 1 is 1.22 bits per heavy atom. The normalized spacial score (nSPS) is 22.1. The number of amides is 2. The second-order valence-electron chi connectivity index (χ2n) is 10.0. The Bertz CT molecular complexity index is 850. The van der Waals surface area contributed by atoms with Crippen LogP contribution in [0.25, 0.3) is 0 Å². The van der Waals surface area contributed by atoms with E-state index in [1.54, 1.807) is 24.2 Å². The smallest absolute Gasteiger partial charge is 0.255 e. The minimum Gasteiger partial charge on any atom is -0.372 e. The van der Waals surface area contributed by atoms with Crippen LogP contribution in [0.1, 0.15) is 56.8 Å². The highest BCUT2D eigenvalue weighted by molar-refractivity contribution is 6.03. The molecule has 1 aromatic heterocycles. The summed E-state index contributed by atoms with van der Waals surface area (Å²) >= 11 is 0. The first-order valence-electron chi connectivity index (χ1n) is 12.0. The number of pyridine rings is 1. The predicted molar refractivity (Wildman–Crippen MR) is 125 cm³/mol. The molecule has 8 nitrogen and oxygen atoms in total. The van der Waals surface area contributed by atoms with E-state index in [-0.39, 0.29) is 24.0 Å². The first kappa shape index (κ1) is 23.0. The molecule has 1 unspecified atom stereocenters. The van der Waals surface area contributed by atoms with Gasteiger partial charge in [0, 0.05) is 45.5 Å². The molecule has 1 atom stereocenters. The number of carbonyl (C=O) groups is 2. The van der Waals surface area contributed by atoms with Crippen molar-refractivity contribution < 1.29 is 14.3 Å². The molecule has 32 heavy (non-hydrogen) atoms. The average Bonchev–Trinajstić information content (AvgIpc) is 2.80. The van der Waals surface area contributed by atoms with Crippen LogP contribution in [0.2, 0.25) is 0 Å². The fourth-order valence-electron chi connectivity index (χ4n) is 4.98. The summed E-state index contributed by atoms with van der Waals surface area (Å²) in [6, 6.07) is 2.33. The van der Waals surface area contributed by atoms with Gasteiger partial charge in [0.1, 0.15) is 5.82 Å². The maximum Gasteiger partial charge on any atom is 0.255 e. The second kappa shape index (κ2) is 9.35. The number of carbonyl (C=O) groups excluding carboxylic acids is 2. The van der Waals surface area contributed by atoms with E-state index in [2.05, 4.69) is 36.0 Å². The molecule has 3 aliphatic rings. The number of morpholine rings is 1. The molecule has 0 aromatic carbocycles. The van der Waals surface area contributed by atoms with Gasteiger partial charge in [0.2, 0.25) is 5.91 Å². The van der Waals surface area contributed by atoms with Crippen molar-refractivity contribution in [2.45, 2.75) is 58.1 Å². The molecule has 2 amide bonds. The summed E-state index contributed by atoms with van der Waals surface area (Å²) in [5.41, 5.74) is 1.03. The largest absolute Gasteiger partial charge is 0.372 e. The van der Waals surface area contributed by atoms with Gasteiger partial charge < -0.3 is 19.9 Å². The van der Waals surface area contributed by atoms with Crippen molar-refractivity contribution in [1.82, 2.24) is 14.8 Å². The van der Waals surface area contributed by atoms with Crippen molar-refractivity contribution in [3.63, 3.8) is 0 Å². The first-order chi connectivity index (χ1) is 15.3. The fourth-order valence-corrected chi connectivity index (χ4v) is 4.98. The minimum atomic E-state index is -0.147. The van der Waals surface area contributed by atoms with Crippen LogP contribution in [0.3, 0.4) is 0 Å². The summed E-state index contributed by atoms with van der Waals surface area (Å²) in [5.74, 6) is 1.31. The van der Waals surface area contributed by atoms with E-state index in [4.69, 9.17) is 4.74 Å². The lowest BCUT2D eigenvalue weighted by Crippen LogP contribution is -2.59. The molecule has 4 heterocycles. The molecule has 0 radical (unpaired) electrons. The Morgan fingerprint density at radius 3 is 2.69 bits per heavy atom. The third kappa shape index (κ3) is 4.76. The van der Waals surface area contributed by atoms with Gasteiger partial charge in [0.15, 0.2) is 0 Å². The first-order valence-corrected chi connectivity index (χ1v) is 12.0. The number of piperidine rings is 1. The van der Waals surface area contributed by atoms with Crippen molar-refractivity contribution in [2.75, 3.05) is 56.6 Å². The molecule has 1 aromatic rings. The Kier molecular flexibility index (Phi) is 6.72. The van der Waals surface area contributed by atoms with Crippen LogP contribution < -0.4 is 10.2 Å². The number of fused-ring (bicyclic) bond motifs is 1. The van der Waals surface area contributed by atoms with Crippen molar-refractivity contribution in [1.29, 1.82) is 0 Å². The van der Waals surface area contributed by atoms with Crippen molar-refractivity contribution in [2.24, 2.45) is 5.92 Å². The van der Waals surface area contributed by atoms with Crippen molar-refractivity contribution in [3.8, 4) is 0 Å². The molecule has 176 valence electrons. The van der Waals surface area contributed by atoms with E-state index in [0.29, 0.717) is 36.2 Å². The van der Waals surface area contributed by atoms with Gasteiger partial charge in [-0.1, -0.05) is 13.8 Å². The molecule has 0 saturated carbocycles. The van der Waals surface area contributed by atoms with E-state index in [0.717, 1.165) is 38.5 Å². The van der Waals surface area contributed by atoms with E-state index >= 15 is 0 Å². The molecule has 8 heteroatoms. The number of rotatable bonds is 5. The fraction of sp³-hybridized carbons (Fsp3) is 0.708. The highest BCUT2D eigenvalue weighted by Crippen LogP contribution is 2.33. The predicted octanol–water partition coefficient (Wildman–Crippen LogP) is 2.60. The summed E-state index contributed by atoms with van der Waals surface area (Å²) in [7, 11) is 1.72. The Hall–Kier alpha value is -2.19. The van der Waals surface area contributed by atoms with Gasteiger partial charge in [0.05, 0.1) is 30.0 Å². The molecule has 0 bridgehead atoms. The van der Waals surface area contributed by atoms with E-state index in [1.165, 1.54) is 12.8 Å². The molecule has 1 spiro atoms. The third-order valence-corrected chi connectivity index (χ3v) is 7.28. The molecular formula is C24H37N5O3. The van der Waals surface area contributed by atoms with Gasteiger partial charge in [-0.3, -0.25) is 14.5 Å². The van der Waals surface area contributed by atoms with Crippen LogP contribution in [0, 0.1) is 5.92 Å². The van der Waals surface area contributed by atoms with Gasteiger partial charge in [-0.2, -0.15) is 0 Å². The Labute approximate surface area is 191 Å². The summed E-state index contributed by atoms with van der Waals surface area (Å²) in [6.07, 6.45) is 5.78. The highest BCUT2D eigenvalue weighted by atomic mass is 16.5. The van der Waals surface area contributed by atoms with E-state index in [1.807, 2.05) is 4.90 Å². The number of hydrogen-bond donors (Lipinski definition) is 1. The summed E-state index contributed by atoms with van der Waals surface area (Å²) in [6.45, 7) is 11.2. The van der Waals surface area contributed by atoms with E-state index in [9.17, 15) is 9.59 Å². The van der Waals surface area contributed by atoms with Gasteiger partial charge in [-0.15, -0.1) is 0 Å². The van der Waals surface area contributed by atoms with E-state index < -0.39 is 0 Å². The second-order valence-corrected chi connectivity index (χ2v) is 10.0. The number of likely N-dealkylation sites (N-methyl/N-ethyl adjacent to an activating group) is 1. The lowest BCUT2D eigenvalue weighted by molar-refractivity contribution is -0.139. The van der Waals surface area contributed by atoms with Crippen LogP contribution in [-0.4, -0.2) is 84.6 Å². The number of anilines is 2. The number of nitrogens with one attached hydrogen (secondary N) is 1. The molecule has 2 saturated heterocycles. The quantitative estimate of drug-likeness (QED) is 0.754. The van der Waals surface area contributed by atoms with Crippen LogP contribution in [0.4, 0.5) is 11.5 Å². The highest BCUT2D eigenvalue weighted by Gasteiger charge is 2.41. The number of likely N-dealkylation sites (tertiary alicyclic amines) is 1. The third-order valence-electron chi connectivity index (χ3n) is 7.28. The number of hydrogen-bond acceptors (Lipinski definition) is 6. The average molecular weight is 444 g/mol. The molecule has 3 aliphatic heterocycles. The summed E-state index contributed by atoms with van der Waals surface area (Å²) in [5, 5.41) is 3.01. The van der Waals surface area contributed by atoms with Crippen LogP contribution in [0.15, 0.2) is 12.3 Å². The van der Waals surface area contributed by atoms with Crippen LogP contribution in [0.5, 0.6) is 0 Å². The number of nitrogens with zero attached hydrogens (tertiary/aromatic N) is 4. The Balaban J connectivity index is 1.37. The van der Waals surface area contributed by atoms with Crippen molar-refractivity contribution in [3.05, 3.63) is 17.8 Å². The molecule has 4 rings (SSSR count). The molecule has 0 aliphatic carbocycles. The van der Waals surface area contributed by atoms with Crippen LogP contribution >= 0.6 is 0 Å². The van der Waals surface area contributed by atoms with Gasteiger partial charge >= 0.3 is 0 Å². The van der Waals surface area contributed by atoms with Gasteiger partial charge in [-0.25, -0.2) is 4.98 Å². The lowest BCUT2D eigenvalue weighted by Gasteiger charge is -2.49. The zero-order valence-electron chi connectivity index (χ0n) is 19.9. The molecule has 2 fully saturated rings. The summed E-state index contributed by atoms with van der Waals surface area (Å²) < 4.78 is 6.30. The SMILES string of the molecule is CC(C)CCC(C)N1CCOC2(CCN(C(=O)c3cnc4c(c3)N(C)C(=O)CN4)CC2)C1. The van der Waals surface area contributed by atoms with Crippen molar-refractivity contribution >= 4 is 23.3 Å². The summed E-state index contributed by atoms with van der Waals surface area (Å²) in [4.78, 5) is 35.6. The number of ether oxygens (including phenoxy) is 1. The maximum absolute atomic E-state index is 13.2. The van der Waals surface area contributed by atoms with Gasteiger partial charge in [-0.05, 0) is 44.6 Å². The monoisotopic (exact) mass is 443 g/mol. The zero-order valence-corrected chi connectivity index (χ0v) is 19.9. The minimum absolute atomic E-state index is 0.0282. The topological polar surface area (TPSA) is 78.0 Å². The molecule has 1 N–H and O–H groups in total. The standard InChI is InChI=1S/C24H37N5O3/c1-17(2)5-6-18(3)29-11-12-32-24(16-29)7-9-28(10-8-24)23(31)19-13-20-22(25-14-19)26-15-21(30)27(20)4/h13-14,17-18H,5-12,15-16H2,1-4H3,(H,25,26).